The number of nitrogens with zero attached hydrogens (tertiary/aromatic N) is 2. The molecule has 0 aromatic carbocycles. The first kappa shape index (κ1) is 9.70. The molecule has 1 aromatic rings. The Morgan fingerprint density at radius 3 is 2.33 bits per heavy atom. The lowest BCUT2D eigenvalue weighted by Crippen LogP contribution is -2.24. The monoisotopic (exact) mass is 278 g/mol. The lowest BCUT2D eigenvalue weighted by atomic mass is 10.2. The van der Waals surface area contributed by atoms with E-state index in [-0.39, 0.29) is 5.60 Å². The van der Waals surface area contributed by atoms with E-state index in [0.717, 1.165) is 3.70 Å². The molecule has 0 aliphatic heterocycles. The molecule has 0 aliphatic rings. The fraction of sp³-hybridized carbons (Fsp3) is 0.500. The molecule has 0 saturated heterocycles. The molecular weight excluding hydrogens is 267 g/mol. The third-order valence-corrected chi connectivity index (χ3v) is 1.77. The highest BCUT2D eigenvalue weighted by Crippen LogP contribution is 2.19. The number of hydrogen-bond donors (Lipinski definition) is 0. The Bertz CT molecular complexity index is 270. The Morgan fingerprint density at radius 1 is 1.25 bits per heavy atom. The normalized spacial score (nSPS) is 11.3. The first-order valence-electron chi connectivity index (χ1n) is 3.64. The van der Waals surface area contributed by atoms with Gasteiger partial charge in [0.25, 0.3) is 0 Å². The summed E-state index contributed by atoms with van der Waals surface area (Å²) >= 11 is 2.10. The van der Waals surface area contributed by atoms with Crippen molar-refractivity contribution in [3.63, 3.8) is 0 Å². The van der Waals surface area contributed by atoms with Crippen molar-refractivity contribution in [1.29, 1.82) is 0 Å². The first-order valence-corrected chi connectivity index (χ1v) is 4.72. The molecule has 0 fully saturated rings. The number of aromatic nitrogens is 2. The highest BCUT2D eigenvalue weighted by molar-refractivity contribution is 14.1. The minimum atomic E-state index is -0.212. The fourth-order valence-corrected chi connectivity index (χ4v) is 1.08. The van der Waals surface area contributed by atoms with Crippen LogP contribution in [0, 0.1) is 3.70 Å². The second kappa shape index (κ2) is 3.55. The van der Waals surface area contributed by atoms with Gasteiger partial charge in [-0.1, -0.05) is 0 Å². The van der Waals surface area contributed by atoms with E-state index in [4.69, 9.17) is 4.74 Å². The number of ether oxygens (including phenoxy) is 1. The van der Waals surface area contributed by atoms with Gasteiger partial charge in [0.15, 0.2) is 3.70 Å². The molecule has 0 unspecified atom stereocenters. The standard InChI is InChI=1S/C8H11IN2O/c1-8(2,3)12-7-6(9)10-4-5-11-7/h4-5H,1-3H3. The van der Waals surface area contributed by atoms with Crippen molar-refractivity contribution in [2.45, 2.75) is 26.4 Å². The lowest BCUT2D eigenvalue weighted by molar-refractivity contribution is 0.122. The summed E-state index contributed by atoms with van der Waals surface area (Å²) in [5.74, 6) is 0.602. The molecule has 0 saturated carbocycles. The van der Waals surface area contributed by atoms with Crippen LogP contribution in [0.1, 0.15) is 20.8 Å². The second-order valence-electron chi connectivity index (χ2n) is 3.37. The molecule has 0 aliphatic carbocycles. The molecule has 0 radical (unpaired) electrons. The molecule has 0 amide bonds. The third-order valence-electron chi connectivity index (χ3n) is 1.03. The highest BCUT2D eigenvalue weighted by Gasteiger charge is 2.14. The summed E-state index contributed by atoms with van der Waals surface area (Å²) in [4.78, 5) is 8.13. The first-order chi connectivity index (χ1) is 5.49. The van der Waals surface area contributed by atoms with E-state index >= 15 is 0 Å². The Morgan fingerprint density at radius 2 is 1.83 bits per heavy atom. The smallest absolute Gasteiger partial charge is 0.246 e. The topological polar surface area (TPSA) is 35.0 Å². The van der Waals surface area contributed by atoms with Crippen molar-refractivity contribution in [3.05, 3.63) is 16.1 Å². The number of halogens is 1. The number of rotatable bonds is 1. The van der Waals surface area contributed by atoms with Crippen molar-refractivity contribution in [1.82, 2.24) is 9.97 Å². The average molecular weight is 278 g/mol. The van der Waals surface area contributed by atoms with Crippen molar-refractivity contribution >= 4 is 22.6 Å². The van der Waals surface area contributed by atoms with Gasteiger partial charge in [0.1, 0.15) is 5.60 Å². The summed E-state index contributed by atoms with van der Waals surface area (Å²) in [7, 11) is 0. The molecule has 3 nitrogen and oxygen atoms in total. The van der Waals surface area contributed by atoms with Gasteiger partial charge in [-0.15, -0.1) is 0 Å². The van der Waals surface area contributed by atoms with Gasteiger partial charge in [-0.25, -0.2) is 9.97 Å². The SMILES string of the molecule is CC(C)(C)Oc1nccnc1I. The van der Waals surface area contributed by atoms with Crippen molar-refractivity contribution in [2.75, 3.05) is 0 Å². The molecular formula is C8H11IN2O. The molecule has 1 rings (SSSR count). The third kappa shape index (κ3) is 2.92. The predicted molar refractivity (Wildman–Crippen MR) is 55.1 cm³/mol. The molecule has 0 bridgehead atoms. The molecule has 1 heterocycles. The van der Waals surface area contributed by atoms with Crippen LogP contribution >= 0.6 is 22.6 Å². The minimum Gasteiger partial charge on any atom is -0.470 e. The summed E-state index contributed by atoms with van der Waals surface area (Å²) in [5.41, 5.74) is -0.212. The van der Waals surface area contributed by atoms with E-state index in [0.29, 0.717) is 5.88 Å². The van der Waals surface area contributed by atoms with Crippen LogP contribution in [0.3, 0.4) is 0 Å². The Balaban J connectivity index is 2.83. The molecule has 12 heavy (non-hydrogen) atoms. The van der Waals surface area contributed by atoms with E-state index < -0.39 is 0 Å². The van der Waals surface area contributed by atoms with Crippen LogP contribution in [-0.2, 0) is 0 Å². The summed E-state index contributed by atoms with van der Waals surface area (Å²) in [6.45, 7) is 5.95. The molecule has 1 aromatic heterocycles. The van der Waals surface area contributed by atoms with E-state index in [1.807, 2.05) is 20.8 Å². The van der Waals surface area contributed by atoms with Crippen molar-refractivity contribution in [3.8, 4) is 5.88 Å². The van der Waals surface area contributed by atoms with E-state index in [1.54, 1.807) is 12.4 Å². The van der Waals surface area contributed by atoms with E-state index in [9.17, 15) is 0 Å². The summed E-state index contributed by atoms with van der Waals surface area (Å²) in [6, 6.07) is 0. The number of hydrogen-bond acceptors (Lipinski definition) is 3. The Kier molecular flexibility index (Phi) is 2.87. The zero-order valence-corrected chi connectivity index (χ0v) is 9.49. The quantitative estimate of drug-likeness (QED) is 0.739. The lowest BCUT2D eigenvalue weighted by Gasteiger charge is -2.20. The molecule has 0 spiro atoms. The van der Waals surface area contributed by atoms with Crippen molar-refractivity contribution in [2.24, 2.45) is 0 Å². The van der Waals surface area contributed by atoms with Crippen LogP contribution in [-0.4, -0.2) is 15.6 Å². The summed E-state index contributed by atoms with van der Waals surface area (Å²) in [6.07, 6.45) is 3.28. The van der Waals surface area contributed by atoms with Gasteiger partial charge in [-0.3, -0.25) is 0 Å². The molecule has 4 heteroatoms. The van der Waals surface area contributed by atoms with Gasteiger partial charge < -0.3 is 4.74 Å². The van der Waals surface area contributed by atoms with E-state index in [1.165, 1.54) is 0 Å². The average Bonchev–Trinajstić information content (AvgIpc) is 1.91. The maximum Gasteiger partial charge on any atom is 0.246 e. The van der Waals surface area contributed by atoms with Gasteiger partial charge in [0, 0.05) is 12.4 Å². The molecule has 0 atom stereocenters. The van der Waals surface area contributed by atoms with Crippen LogP contribution in [0.25, 0.3) is 0 Å². The Hall–Kier alpha value is -0.390. The van der Waals surface area contributed by atoms with Crippen LogP contribution in [0.4, 0.5) is 0 Å². The Labute approximate surface area is 85.7 Å². The summed E-state index contributed by atoms with van der Waals surface area (Å²) in [5, 5.41) is 0. The minimum absolute atomic E-state index is 0.212. The maximum atomic E-state index is 5.55. The highest BCUT2D eigenvalue weighted by atomic mass is 127. The summed E-state index contributed by atoms with van der Waals surface area (Å²) < 4.78 is 6.35. The van der Waals surface area contributed by atoms with E-state index in [2.05, 4.69) is 32.6 Å². The second-order valence-corrected chi connectivity index (χ2v) is 4.39. The molecule has 0 N–H and O–H groups in total. The molecule has 66 valence electrons. The largest absolute Gasteiger partial charge is 0.470 e. The van der Waals surface area contributed by atoms with Crippen LogP contribution in [0.15, 0.2) is 12.4 Å². The fourth-order valence-electron chi connectivity index (χ4n) is 0.667. The van der Waals surface area contributed by atoms with Crippen molar-refractivity contribution < 1.29 is 4.74 Å². The van der Waals surface area contributed by atoms with Gasteiger partial charge >= 0.3 is 0 Å². The van der Waals surface area contributed by atoms with Crippen LogP contribution < -0.4 is 4.74 Å². The van der Waals surface area contributed by atoms with Gasteiger partial charge in [-0.2, -0.15) is 0 Å². The van der Waals surface area contributed by atoms with Gasteiger partial charge in [0.2, 0.25) is 5.88 Å². The zero-order valence-electron chi connectivity index (χ0n) is 7.34. The van der Waals surface area contributed by atoms with Gasteiger partial charge in [0.05, 0.1) is 0 Å². The predicted octanol–water partition coefficient (Wildman–Crippen LogP) is 2.26. The van der Waals surface area contributed by atoms with Gasteiger partial charge in [-0.05, 0) is 43.4 Å². The van der Waals surface area contributed by atoms with Crippen LogP contribution in [0.5, 0.6) is 5.88 Å². The van der Waals surface area contributed by atoms with Crippen LogP contribution in [0.2, 0.25) is 0 Å². The maximum absolute atomic E-state index is 5.55. The zero-order chi connectivity index (χ0) is 9.19.